The Kier molecular flexibility index (Phi) is 10.1. The SMILES string of the molecule is CC(=O)CC[C@@]1(C)C(=O)CC[C@@H]1[C@@H](CCCC(C)(C)OCc1ccccc1)C(=O)SC(C)(C)C. The topological polar surface area (TPSA) is 60.4 Å². The van der Waals surface area contributed by atoms with Crippen molar-refractivity contribution in [2.45, 2.75) is 110 Å². The molecule has 5 heteroatoms. The van der Waals surface area contributed by atoms with Gasteiger partial charge in [-0.05, 0) is 64.4 Å². The van der Waals surface area contributed by atoms with Crippen molar-refractivity contribution in [3.05, 3.63) is 35.9 Å². The third-order valence-corrected chi connectivity index (χ3v) is 8.21. The van der Waals surface area contributed by atoms with E-state index in [4.69, 9.17) is 4.74 Å². The molecule has 2 rings (SSSR count). The maximum Gasteiger partial charge on any atom is 0.192 e. The lowest BCUT2D eigenvalue weighted by molar-refractivity contribution is -0.129. The molecular formula is C29H44O4S. The third kappa shape index (κ3) is 8.64. The average Bonchev–Trinajstić information content (AvgIpc) is 3.02. The first kappa shape index (κ1) is 28.8. The molecule has 0 radical (unpaired) electrons. The van der Waals surface area contributed by atoms with E-state index in [1.54, 1.807) is 6.92 Å². The summed E-state index contributed by atoms with van der Waals surface area (Å²) in [6.45, 7) is 14.5. The zero-order chi connectivity index (χ0) is 25.6. The molecule has 3 atom stereocenters. The van der Waals surface area contributed by atoms with Gasteiger partial charge in [0, 0.05) is 28.9 Å². The van der Waals surface area contributed by atoms with Crippen LogP contribution < -0.4 is 0 Å². The van der Waals surface area contributed by atoms with Crippen molar-refractivity contribution < 1.29 is 19.1 Å². The second-order valence-electron chi connectivity index (χ2n) is 11.8. The van der Waals surface area contributed by atoms with Crippen LogP contribution in [0.4, 0.5) is 0 Å². The maximum absolute atomic E-state index is 13.5. The number of hydrogen-bond donors (Lipinski definition) is 0. The molecule has 1 fully saturated rings. The molecule has 1 aliphatic rings. The van der Waals surface area contributed by atoms with Gasteiger partial charge in [-0.2, -0.15) is 0 Å². The number of rotatable bonds is 12. The van der Waals surface area contributed by atoms with Gasteiger partial charge >= 0.3 is 0 Å². The van der Waals surface area contributed by atoms with E-state index >= 15 is 0 Å². The van der Waals surface area contributed by atoms with Gasteiger partial charge in [-0.1, -0.05) is 69.8 Å². The lowest BCUT2D eigenvalue weighted by Crippen LogP contribution is -2.37. The molecule has 0 N–H and O–H groups in total. The molecule has 1 aromatic carbocycles. The standard InChI is InChI=1S/C29H44O4S/c1-21(30)17-19-29(7)24(15-16-25(29)31)23(26(32)34-27(2,3)4)14-11-18-28(5,6)33-20-22-12-9-8-10-13-22/h8-10,12-13,23-24H,11,14-20H2,1-7H3/t23-,24-,29-/m1/s1. The Morgan fingerprint density at radius 2 is 1.79 bits per heavy atom. The molecule has 0 unspecified atom stereocenters. The third-order valence-electron chi connectivity index (χ3n) is 7.10. The summed E-state index contributed by atoms with van der Waals surface area (Å²) in [6, 6.07) is 10.2. The number of carbonyl (C=O) groups excluding carboxylic acids is 3. The highest BCUT2D eigenvalue weighted by atomic mass is 32.2. The zero-order valence-electron chi connectivity index (χ0n) is 22.2. The molecule has 0 bridgehead atoms. The van der Waals surface area contributed by atoms with Crippen molar-refractivity contribution in [1.29, 1.82) is 0 Å². The average molecular weight is 489 g/mol. The van der Waals surface area contributed by atoms with Crippen LogP contribution in [0.2, 0.25) is 0 Å². The van der Waals surface area contributed by atoms with Crippen molar-refractivity contribution >= 4 is 28.4 Å². The van der Waals surface area contributed by atoms with Crippen molar-refractivity contribution in [2.75, 3.05) is 0 Å². The Hall–Kier alpha value is -1.46. The molecule has 1 saturated carbocycles. The Bertz CT molecular complexity index is 839. The fourth-order valence-electron chi connectivity index (χ4n) is 5.04. The molecular weight excluding hydrogens is 444 g/mol. The number of thioether (sulfide) groups is 1. The summed E-state index contributed by atoms with van der Waals surface area (Å²) in [7, 11) is 0. The summed E-state index contributed by atoms with van der Waals surface area (Å²) in [5.41, 5.74) is 0.254. The van der Waals surface area contributed by atoms with Crippen molar-refractivity contribution in [3.8, 4) is 0 Å². The molecule has 0 aliphatic heterocycles. The van der Waals surface area contributed by atoms with E-state index in [0.29, 0.717) is 25.9 Å². The van der Waals surface area contributed by atoms with Crippen molar-refractivity contribution in [1.82, 2.24) is 0 Å². The number of hydrogen-bond acceptors (Lipinski definition) is 5. The fraction of sp³-hybridized carbons (Fsp3) is 0.690. The molecule has 0 heterocycles. The van der Waals surface area contributed by atoms with Gasteiger partial charge < -0.3 is 9.53 Å². The molecule has 0 saturated heterocycles. The van der Waals surface area contributed by atoms with E-state index in [1.807, 2.05) is 25.1 Å². The van der Waals surface area contributed by atoms with Gasteiger partial charge in [0.05, 0.1) is 12.2 Å². The van der Waals surface area contributed by atoms with Crippen LogP contribution in [0.3, 0.4) is 0 Å². The van der Waals surface area contributed by atoms with Gasteiger partial charge in [-0.15, -0.1) is 0 Å². The second kappa shape index (κ2) is 12.0. The zero-order valence-corrected chi connectivity index (χ0v) is 23.1. The number of ether oxygens (including phenoxy) is 1. The molecule has 0 aromatic heterocycles. The highest BCUT2D eigenvalue weighted by Gasteiger charge is 2.50. The predicted molar refractivity (Wildman–Crippen MR) is 141 cm³/mol. The number of Topliss-reactive ketones (excluding diaryl/α,β-unsaturated/α-hetero) is 2. The Morgan fingerprint density at radius 3 is 2.38 bits per heavy atom. The summed E-state index contributed by atoms with van der Waals surface area (Å²) < 4.78 is 6.03. The maximum atomic E-state index is 13.5. The summed E-state index contributed by atoms with van der Waals surface area (Å²) in [4.78, 5) is 38.1. The lowest BCUT2D eigenvalue weighted by atomic mass is 9.68. The number of ketones is 2. The molecule has 190 valence electrons. The van der Waals surface area contributed by atoms with E-state index in [0.717, 1.165) is 31.2 Å². The van der Waals surface area contributed by atoms with Crippen LogP contribution in [0.15, 0.2) is 30.3 Å². The largest absolute Gasteiger partial charge is 0.371 e. The minimum absolute atomic E-state index is 0.00458. The molecule has 1 aliphatic carbocycles. The quantitative estimate of drug-likeness (QED) is 0.312. The van der Waals surface area contributed by atoms with Gasteiger partial charge in [0.2, 0.25) is 0 Å². The van der Waals surface area contributed by atoms with Gasteiger partial charge in [-0.3, -0.25) is 9.59 Å². The van der Waals surface area contributed by atoms with Crippen LogP contribution in [-0.4, -0.2) is 27.0 Å². The van der Waals surface area contributed by atoms with E-state index in [-0.39, 0.29) is 38.9 Å². The number of benzene rings is 1. The van der Waals surface area contributed by atoms with Crippen LogP contribution >= 0.6 is 11.8 Å². The smallest absolute Gasteiger partial charge is 0.192 e. The molecule has 4 nitrogen and oxygen atoms in total. The van der Waals surface area contributed by atoms with Gasteiger partial charge in [0.25, 0.3) is 0 Å². The van der Waals surface area contributed by atoms with Crippen LogP contribution in [0, 0.1) is 17.3 Å². The Morgan fingerprint density at radius 1 is 1.15 bits per heavy atom. The predicted octanol–water partition coefficient (Wildman–Crippen LogP) is 7.18. The van der Waals surface area contributed by atoms with Gasteiger partial charge in [0.15, 0.2) is 5.12 Å². The normalized spacial score (nSPS) is 22.1. The Labute approximate surface area is 211 Å². The first-order valence-electron chi connectivity index (χ1n) is 12.7. The van der Waals surface area contributed by atoms with Crippen LogP contribution in [0.1, 0.15) is 99.0 Å². The molecule has 0 amide bonds. The van der Waals surface area contributed by atoms with Crippen molar-refractivity contribution in [2.24, 2.45) is 17.3 Å². The fourth-order valence-corrected chi connectivity index (χ4v) is 6.07. The summed E-state index contributed by atoms with van der Waals surface area (Å²) in [5.74, 6) is 0.125. The van der Waals surface area contributed by atoms with Crippen LogP contribution in [-0.2, 0) is 25.7 Å². The minimum Gasteiger partial charge on any atom is -0.371 e. The number of carbonyl (C=O) groups is 3. The monoisotopic (exact) mass is 488 g/mol. The van der Waals surface area contributed by atoms with Gasteiger partial charge in [0.1, 0.15) is 11.6 Å². The molecule has 1 aromatic rings. The van der Waals surface area contributed by atoms with Crippen molar-refractivity contribution in [3.63, 3.8) is 0 Å². The molecule has 0 spiro atoms. The summed E-state index contributed by atoms with van der Waals surface area (Å²) >= 11 is 1.40. The van der Waals surface area contributed by atoms with E-state index in [9.17, 15) is 14.4 Å². The minimum atomic E-state index is -0.593. The van der Waals surface area contributed by atoms with E-state index in [2.05, 4.69) is 46.8 Å². The first-order chi connectivity index (χ1) is 15.7. The second-order valence-corrected chi connectivity index (χ2v) is 13.6. The summed E-state index contributed by atoms with van der Waals surface area (Å²) in [6.07, 6.45) is 4.63. The first-order valence-corrected chi connectivity index (χ1v) is 13.5. The highest BCUT2D eigenvalue weighted by molar-refractivity contribution is 8.14. The molecule has 34 heavy (non-hydrogen) atoms. The highest BCUT2D eigenvalue weighted by Crippen LogP contribution is 2.50. The van der Waals surface area contributed by atoms with E-state index in [1.165, 1.54) is 11.8 Å². The van der Waals surface area contributed by atoms with Crippen LogP contribution in [0.5, 0.6) is 0 Å². The summed E-state index contributed by atoms with van der Waals surface area (Å²) in [5, 5.41) is 0.185. The Balaban J connectivity index is 2.10. The lowest BCUT2D eigenvalue weighted by Gasteiger charge is -2.36. The van der Waals surface area contributed by atoms with E-state index < -0.39 is 5.41 Å². The van der Waals surface area contributed by atoms with Gasteiger partial charge in [-0.25, -0.2) is 0 Å². The van der Waals surface area contributed by atoms with Crippen LogP contribution in [0.25, 0.3) is 0 Å².